The lowest BCUT2D eigenvalue weighted by molar-refractivity contribution is 0.0674. The molecule has 7 heteroatoms. The van der Waals surface area contributed by atoms with E-state index in [-0.39, 0.29) is 24.6 Å². The Hall–Kier alpha value is -2.96. The maximum atomic E-state index is 13.1. The fourth-order valence-electron chi connectivity index (χ4n) is 2.75. The third kappa shape index (κ3) is 5.26. The van der Waals surface area contributed by atoms with Crippen LogP contribution in [0.2, 0.25) is 0 Å². The van der Waals surface area contributed by atoms with E-state index in [4.69, 9.17) is 14.2 Å². The minimum Gasteiger partial charge on any atom is -0.492 e. The number of urea groups is 1. The molecule has 27 heavy (non-hydrogen) atoms. The van der Waals surface area contributed by atoms with Gasteiger partial charge in [0.25, 0.3) is 0 Å². The Bertz CT molecular complexity index is 771. The lowest BCUT2D eigenvalue weighted by Crippen LogP contribution is -2.48. The topological polar surface area (TPSA) is 60.0 Å². The number of rotatable bonds is 7. The van der Waals surface area contributed by atoms with E-state index in [2.05, 4.69) is 5.32 Å². The van der Waals surface area contributed by atoms with Crippen molar-refractivity contribution >= 4 is 6.03 Å². The SMILES string of the molecule is CCN(CC1COc2ccccc2O1)C(=O)NCCOc1cccc(F)c1. The van der Waals surface area contributed by atoms with E-state index in [1.165, 1.54) is 12.1 Å². The summed E-state index contributed by atoms with van der Waals surface area (Å²) in [6.45, 7) is 3.82. The monoisotopic (exact) mass is 374 g/mol. The Labute approximate surface area is 157 Å². The minimum atomic E-state index is -0.357. The van der Waals surface area contributed by atoms with Crippen LogP contribution in [0.1, 0.15) is 6.92 Å². The lowest BCUT2D eigenvalue weighted by Gasteiger charge is -2.30. The molecule has 1 unspecified atom stereocenters. The van der Waals surface area contributed by atoms with Gasteiger partial charge in [-0.15, -0.1) is 0 Å². The Morgan fingerprint density at radius 2 is 2.07 bits per heavy atom. The number of carbonyl (C=O) groups excluding carboxylic acids is 1. The van der Waals surface area contributed by atoms with E-state index in [1.54, 1.807) is 17.0 Å². The molecule has 2 aromatic rings. The van der Waals surface area contributed by atoms with Gasteiger partial charge in [-0.3, -0.25) is 0 Å². The normalized spacial score (nSPS) is 15.1. The van der Waals surface area contributed by atoms with Crippen LogP contribution in [0.4, 0.5) is 9.18 Å². The van der Waals surface area contributed by atoms with Gasteiger partial charge in [0.05, 0.1) is 13.1 Å². The van der Waals surface area contributed by atoms with Gasteiger partial charge < -0.3 is 24.4 Å². The molecule has 144 valence electrons. The number of fused-ring (bicyclic) bond motifs is 1. The summed E-state index contributed by atoms with van der Waals surface area (Å²) < 4.78 is 30.1. The fourth-order valence-corrected chi connectivity index (χ4v) is 2.75. The summed E-state index contributed by atoms with van der Waals surface area (Å²) >= 11 is 0. The number of amides is 2. The number of nitrogens with one attached hydrogen (secondary N) is 1. The first kappa shape index (κ1) is 18.8. The van der Waals surface area contributed by atoms with Crippen molar-refractivity contribution in [2.24, 2.45) is 0 Å². The first-order valence-electron chi connectivity index (χ1n) is 8.95. The van der Waals surface area contributed by atoms with E-state index >= 15 is 0 Å². The van der Waals surface area contributed by atoms with Crippen LogP contribution >= 0.6 is 0 Å². The van der Waals surface area contributed by atoms with E-state index in [9.17, 15) is 9.18 Å². The molecule has 1 N–H and O–H groups in total. The molecular weight excluding hydrogens is 351 g/mol. The van der Waals surface area contributed by atoms with Crippen LogP contribution in [0.5, 0.6) is 17.2 Å². The molecule has 6 nitrogen and oxygen atoms in total. The Kier molecular flexibility index (Phi) is 6.35. The summed E-state index contributed by atoms with van der Waals surface area (Å²) in [4.78, 5) is 14.0. The molecule has 0 aliphatic carbocycles. The highest BCUT2D eigenvalue weighted by molar-refractivity contribution is 5.74. The molecule has 0 bridgehead atoms. The van der Waals surface area contributed by atoms with Crippen molar-refractivity contribution in [2.75, 3.05) is 32.8 Å². The number of carbonyl (C=O) groups is 1. The quantitative estimate of drug-likeness (QED) is 0.757. The van der Waals surface area contributed by atoms with Crippen molar-refractivity contribution in [3.05, 3.63) is 54.3 Å². The van der Waals surface area contributed by atoms with Crippen LogP contribution in [0.15, 0.2) is 48.5 Å². The smallest absolute Gasteiger partial charge is 0.317 e. The number of benzene rings is 2. The lowest BCUT2D eigenvalue weighted by atomic mass is 10.2. The summed E-state index contributed by atoms with van der Waals surface area (Å²) in [6, 6.07) is 13.2. The molecule has 1 heterocycles. The zero-order valence-electron chi connectivity index (χ0n) is 15.2. The summed E-state index contributed by atoms with van der Waals surface area (Å²) in [5.41, 5.74) is 0. The number of ether oxygens (including phenoxy) is 3. The Balaban J connectivity index is 1.43. The molecule has 0 saturated carbocycles. The third-order valence-electron chi connectivity index (χ3n) is 4.10. The van der Waals surface area contributed by atoms with Crippen molar-refractivity contribution in [3.63, 3.8) is 0 Å². The van der Waals surface area contributed by atoms with E-state index in [0.29, 0.717) is 37.7 Å². The summed E-state index contributed by atoms with van der Waals surface area (Å²) in [5, 5.41) is 2.80. The minimum absolute atomic E-state index is 0.206. The molecule has 3 rings (SSSR count). The predicted octanol–water partition coefficient (Wildman–Crippen LogP) is 3.08. The molecule has 2 amide bonds. The number of nitrogens with zero attached hydrogens (tertiary/aromatic N) is 1. The molecule has 1 aliphatic heterocycles. The van der Waals surface area contributed by atoms with Crippen molar-refractivity contribution in [1.82, 2.24) is 10.2 Å². The molecule has 0 saturated heterocycles. The molecule has 1 aliphatic rings. The zero-order chi connectivity index (χ0) is 19.1. The van der Waals surface area contributed by atoms with Crippen LogP contribution in [0.3, 0.4) is 0 Å². The average Bonchev–Trinajstić information content (AvgIpc) is 2.69. The van der Waals surface area contributed by atoms with Crippen molar-refractivity contribution < 1.29 is 23.4 Å². The molecule has 0 spiro atoms. The van der Waals surface area contributed by atoms with E-state index < -0.39 is 0 Å². The van der Waals surface area contributed by atoms with Gasteiger partial charge in [0, 0.05) is 12.6 Å². The molecule has 0 aromatic heterocycles. The molecule has 1 atom stereocenters. The van der Waals surface area contributed by atoms with Gasteiger partial charge in [-0.2, -0.15) is 0 Å². The molecular formula is C20H23FN2O4. The van der Waals surface area contributed by atoms with Crippen molar-refractivity contribution in [1.29, 1.82) is 0 Å². The van der Waals surface area contributed by atoms with Crippen LogP contribution in [-0.4, -0.2) is 49.9 Å². The van der Waals surface area contributed by atoms with E-state index in [0.717, 1.165) is 5.75 Å². The standard InChI is InChI=1S/C20H23FN2O4/c1-2-23(13-17-14-26-18-8-3-4-9-19(18)27-17)20(24)22-10-11-25-16-7-5-6-15(21)12-16/h3-9,12,17H,2,10-11,13-14H2,1H3,(H,22,24). The first-order valence-corrected chi connectivity index (χ1v) is 8.95. The molecule has 2 aromatic carbocycles. The third-order valence-corrected chi connectivity index (χ3v) is 4.10. The molecule has 0 fully saturated rings. The Morgan fingerprint density at radius 3 is 2.85 bits per heavy atom. The van der Waals surface area contributed by atoms with Gasteiger partial charge in [0.2, 0.25) is 0 Å². The van der Waals surface area contributed by atoms with Gasteiger partial charge in [-0.25, -0.2) is 9.18 Å². The average molecular weight is 374 g/mol. The second-order valence-electron chi connectivity index (χ2n) is 6.07. The molecule has 0 radical (unpaired) electrons. The van der Waals surface area contributed by atoms with Crippen LogP contribution in [-0.2, 0) is 0 Å². The number of likely N-dealkylation sites (N-methyl/N-ethyl adjacent to an activating group) is 1. The maximum absolute atomic E-state index is 13.1. The van der Waals surface area contributed by atoms with Gasteiger partial charge in [-0.1, -0.05) is 18.2 Å². The maximum Gasteiger partial charge on any atom is 0.317 e. The van der Waals surface area contributed by atoms with Gasteiger partial charge >= 0.3 is 6.03 Å². The van der Waals surface area contributed by atoms with Crippen molar-refractivity contribution in [2.45, 2.75) is 13.0 Å². The fraction of sp³-hybridized carbons (Fsp3) is 0.350. The number of hydrogen-bond acceptors (Lipinski definition) is 4. The van der Waals surface area contributed by atoms with Gasteiger partial charge in [-0.05, 0) is 31.2 Å². The summed E-state index contributed by atoms with van der Waals surface area (Å²) in [7, 11) is 0. The van der Waals surface area contributed by atoms with Crippen LogP contribution < -0.4 is 19.5 Å². The summed E-state index contributed by atoms with van der Waals surface area (Å²) in [5.74, 6) is 1.48. The largest absolute Gasteiger partial charge is 0.492 e. The summed E-state index contributed by atoms with van der Waals surface area (Å²) in [6.07, 6.45) is -0.228. The van der Waals surface area contributed by atoms with Crippen molar-refractivity contribution in [3.8, 4) is 17.2 Å². The highest BCUT2D eigenvalue weighted by Gasteiger charge is 2.24. The van der Waals surface area contributed by atoms with Gasteiger partial charge in [0.15, 0.2) is 17.6 Å². The second kappa shape index (κ2) is 9.12. The number of hydrogen-bond donors (Lipinski definition) is 1. The first-order chi connectivity index (χ1) is 13.2. The van der Waals surface area contributed by atoms with E-state index in [1.807, 2.05) is 31.2 Å². The number of para-hydroxylation sites is 2. The highest BCUT2D eigenvalue weighted by Crippen LogP contribution is 2.30. The van der Waals surface area contributed by atoms with Crippen LogP contribution in [0, 0.1) is 5.82 Å². The zero-order valence-corrected chi connectivity index (χ0v) is 15.2. The Morgan fingerprint density at radius 1 is 1.26 bits per heavy atom. The van der Waals surface area contributed by atoms with Gasteiger partial charge in [0.1, 0.15) is 24.8 Å². The number of halogens is 1. The highest BCUT2D eigenvalue weighted by atomic mass is 19.1. The second-order valence-corrected chi connectivity index (χ2v) is 6.07. The van der Waals surface area contributed by atoms with Crippen LogP contribution in [0.25, 0.3) is 0 Å². The predicted molar refractivity (Wildman–Crippen MR) is 98.9 cm³/mol.